The Morgan fingerprint density at radius 3 is 2.32 bits per heavy atom. The lowest BCUT2D eigenvalue weighted by molar-refractivity contribution is -0.116. The summed E-state index contributed by atoms with van der Waals surface area (Å²) in [6, 6.07) is 12.1. The van der Waals surface area contributed by atoms with Crippen molar-refractivity contribution in [2.24, 2.45) is 0 Å². The van der Waals surface area contributed by atoms with Gasteiger partial charge in [0.15, 0.2) is 11.5 Å². The van der Waals surface area contributed by atoms with E-state index in [0.717, 1.165) is 16.8 Å². The Bertz CT molecular complexity index is 707. The number of benzene rings is 2. The number of hydrogen-bond acceptors (Lipinski definition) is 3. The van der Waals surface area contributed by atoms with Gasteiger partial charge in [0, 0.05) is 24.1 Å². The van der Waals surface area contributed by atoms with Crippen LogP contribution in [0.3, 0.4) is 0 Å². The Labute approximate surface area is 130 Å². The van der Waals surface area contributed by atoms with E-state index in [0.29, 0.717) is 17.9 Å². The van der Waals surface area contributed by atoms with Crippen molar-refractivity contribution in [1.29, 1.82) is 0 Å². The molecule has 1 aliphatic rings. The summed E-state index contributed by atoms with van der Waals surface area (Å²) in [5.41, 5.74) is 4.19. The minimum absolute atomic E-state index is 0.0188. The molecule has 22 heavy (non-hydrogen) atoms. The molecule has 2 aromatic carbocycles. The van der Waals surface area contributed by atoms with Gasteiger partial charge in [0.1, 0.15) is 0 Å². The second-order valence-electron chi connectivity index (χ2n) is 5.51. The first-order valence-corrected chi connectivity index (χ1v) is 7.24. The highest BCUT2D eigenvalue weighted by molar-refractivity contribution is 5.96. The van der Waals surface area contributed by atoms with Gasteiger partial charge in [0.25, 0.3) is 0 Å². The van der Waals surface area contributed by atoms with E-state index in [1.54, 1.807) is 14.2 Å². The van der Waals surface area contributed by atoms with Gasteiger partial charge in [0.05, 0.1) is 14.2 Å². The highest BCUT2D eigenvalue weighted by Crippen LogP contribution is 2.42. The number of nitrogens with one attached hydrogen (secondary N) is 1. The molecule has 0 radical (unpaired) electrons. The Balaban J connectivity index is 2.11. The molecule has 0 unspecified atom stereocenters. The van der Waals surface area contributed by atoms with Gasteiger partial charge in [-0.25, -0.2) is 0 Å². The van der Waals surface area contributed by atoms with Crippen LogP contribution in [0.5, 0.6) is 11.5 Å². The second-order valence-corrected chi connectivity index (χ2v) is 5.51. The van der Waals surface area contributed by atoms with Crippen LogP contribution in [0.15, 0.2) is 36.4 Å². The molecule has 114 valence electrons. The van der Waals surface area contributed by atoms with E-state index in [1.165, 1.54) is 5.56 Å². The summed E-state index contributed by atoms with van der Waals surface area (Å²) in [6.07, 6.45) is 0.436. The van der Waals surface area contributed by atoms with E-state index in [2.05, 4.69) is 36.5 Å². The summed E-state index contributed by atoms with van der Waals surface area (Å²) in [5.74, 6) is 1.34. The summed E-state index contributed by atoms with van der Waals surface area (Å²) in [5, 5.41) is 2.92. The van der Waals surface area contributed by atoms with E-state index in [-0.39, 0.29) is 11.8 Å². The molecule has 0 bridgehead atoms. The molecule has 0 fully saturated rings. The summed E-state index contributed by atoms with van der Waals surface area (Å²) in [6.45, 7) is 2.05. The van der Waals surface area contributed by atoms with Crippen LogP contribution < -0.4 is 14.8 Å². The first kappa shape index (κ1) is 14.4. The number of carbonyl (C=O) groups excluding carboxylic acids is 1. The summed E-state index contributed by atoms with van der Waals surface area (Å²) in [7, 11) is 3.21. The molecule has 1 amide bonds. The maximum Gasteiger partial charge on any atom is 0.225 e. The van der Waals surface area contributed by atoms with Gasteiger partial charge in [-0.3, -0.25) is 4.79 Å². The van der Waals surface area contributed by atoms with Crippen molar-refractivity contribution in [3.05, 3.63) is 53.1 Å². The minimum Gasteiger partial charge on any atom is -0.493 e. The molecule has 1 N–H and O–H groups in total. The number of hydrogen-bond donors (Lipinski definition) is 1. The lowest BCUT2D eigenvalue weighted by Gasteiger charge is -2.27. The molecule has 0 aromatic heterocycles. The maximum atomic E-state index is 12.0. The first-order chi connectivity index (χ1) is 10.6. The second kappa shape index (κ2) is 5.72. The smallest absolute Gasteiger partial charge is 0.225 e. The van der Waals surface area contributed by atoms with Gasteiger partial charge in [0.2, 0.25) is 5.91 Å². The number of fused-ring (bicyclic) bond motifs is 1. The Morgan fingerprint density at radius 2 is 1.68 bits per heavy atom. The largest absolute Gasteiger partial charge is 0.493 e. The van der Waals surface area contributed by atoms with Gasteiger partial charge >= 0.3 is 0 Å². The highest BCUT2D eigenvalue weighted by atomic mass is 16.5. The highest BCUT2D eigenvalue weighted by Gasteiger charge is 2.28. The van der Waals surface area contributed by atoms with Crippen molar-refractivity contribution in [2.75, 3.05) is 19.5 Å². The van der Waals surface area contributed by atoms with Crippen molar-refractivity contribution >= 4 is 11.6 Å². The molecule has 4 nitrogen and oxygen atoms in total. The predicted molar refractivity (Wildman–Crippen MR) is 85.8 cm³/mol. The van der Waals surface area contributed by atoms with Gasteiger partial charge in [-0.05, 0) is 24.1 Å². The van der Waals surface area contributed by atoms with Crippen LogP contribution in [0.4, 0.5) is 5.69 Å². The average Bonchev–Trinajstić information content (AvgIpc) is 2.53. The molecule has 0 saturated carbocycles. The molecule has 1 atom stereocenters. The van der Waals surface area contributed by atoms with E-state index in [4.69, 9.17) is 9.47 Å². The number of amides is 1. The molecule has 4 heteroatoms. The third-order valence-corrected chi connectivity index (χ3v) is 4.07. The van der Waals surface area contributed by atoms with E-state index >= 15 is 0 Å². The lowest BCUT2D eigenvalue weighted by Crippen LogP contribution is -2.23. The molecular formula is C18H19NO3. The zero-order chi connectivity index (χ0) is 15.7. The molecule has 0 saturated heterocycles. The summed E-state index contributed by atoms with van der Waals surface area (Å²) >= 11 is 0. The van der Waals surface area contributed by atoms with E-state index < -0.39 is 0 Å². The average molecular weight is 297 g/mol. The summed E-state index contributed by atoms with van der Waals surface area (Å²) < 4.78 is 10.7. The summed E-state index contributed by atoms with van der Waals surface area (Å²) in [4.78, 5) is 12.0. The molecule has 1 aliphatic heterocycles. The van der Waals surface area contributed by atoms with Gasteiger partial charge in [-0.2, -0.15) is 0 Å². The predicted octanol–water partition coefficient (Wildman–Crippen LogP) is 3.49. The van der Waals surface area contributed by atoms with Gasteiger partial charge in [-0.1, -0.05) is 29.8 Å². The molecule has 0 spiro atoms. The number of carbonyl (C=O) groups is 1. The van der Waals surface area contributed by atoms with Crippen LogP contribution in [0.25, 0.3) is 0 Å². The van der Waals surface area contributed by atoms with Crippen molar-refractivity contribution in [3.8, 4) is 11.5 Å². The number of anilines is 1. The first-order valence-electron chi connectivity index (χ1n) is 7.24. The number of rotatable bonds is 3. The monoisotopic (exact) mass is 297 g/mol. The SMILES string of the molecule is COc1cc2c(cc1OC)[C@H](c1ccc(C)cc1)CC(=O)N2. The van der Waals surface area contributed by atoms with Crippen molar-refractivity contribution < 1.29 is 14.3 Å². The molecule has 1 heterocycles. The van der Waals surface area contributed by atoms with Crippen LogP contribution in [0, 0.1) is 6.92 Å². The molecule has 3 rings (SSSR count). The zero-order valence-electron chi connectivity index (χ0n) is 13.0. The number of methoxy groups -OCH3 is 2. The fourth-order valence-corrected chi connectivity index (χ4v) is 2.88. The van der Waals surface area contributed by atoms with Crippen molar-refractivity contribution in [1.82, 2.24) is 0 Å². The topological polar surface area (TPSA) is 47.6 Å². The molecular weight excluding hydrogens is 278 g/mol. The molecule has 0 aliphatic carbocycles. The standard InChI is InChI=1S/C18H19NO3/c1-11-4-6-12(7-5-11)13-9-18(20)19-15-10-17(22-3)16(21-2)8-14(13)15/h4-8,10,13H,9H2,1-3H3,(H,19,20)/t13-/m0/s1. The van der Waals surface area contributed by atoms with Gasteiger partial charge in [-0.15, -0.1) is 0 Å². The normalized spacial score (nSPS) is 16.7. The van der Waals surface area contributed by atoms with E-state index in [9.17, 15) is 4.79 Å². The zero-order valence-corrected chi connectivity index (χ0v) is 13.0. The van der Waals surface area contributed by atoms with Crippen molar-refractivity contribution in [3.63, 3.8) is 0 Å². The fourth-order valence-electron chi connectivity index (χ4n) is 2.88. The van der Waals surface area contributed by atoms with Crippen molar-refractivity contribution in [2.45, 2.75) is 19.3 Å². The Kier molecular flexibility index (Phi) is 3.75. The third-order valence-electron chi connectivity index (χ3n) is 4.07. The Morgan fingerprint density at radius 1 is 1.05 bits per heavy atom. The number of ether oxygens (including phenoxy) is 2. The third kappa shape index (κ3) is 2.52. The van der Waals surface area contributed by atoms with Crippen LogP contribution in [0.2, 0.25) is 0 Å². The quantitative estimate of drug-likeness (QED) is 0.943. The lowest BCUT2D eigenvalue weighted by atomic mass is 9.84. The fraction of sp³-hybridized carbons (Fsp3) is 0.278. The van der Waals surface area contributed by atoms with Crippen LogP contribution in [0.1, 0.15) is 29.0 Å². The van der Waals surface area contributed by atoms with Crippen LogP contribution in [-0.4, -0.2) is 20.1 Å². The number of aryl methyl sites for hydroxylation is 1. The van der Waals surface area contributed by atoms with E-state index in [1.807, 2.05) is 12.1 Å². The Hall–Kier alpha value is -2.49. The minimum atomic E-state index is 0.0188. The van der Waals surface area contributed by atoms with Crippen LogP contribution in [-0.2, 0) is 4.79 Å². The van der Waals surface area contributed by atoms with Gasteiger partial charge < -0.3 is 14.8 Å². The molecule has 2 aromatic rings. The van der Waals surface area contributed by atoms with Crippen LogP contribution >= 0.6 is 0 Å². The maximum absolute atomic E-state index is 12.0.